The summed E-state index contributed by atoms with van der Waals surface area (Å²) < 4.78 is 5.24. The topological polar surface area (TPSA) is 137 Å². The Balaban J connectivity index is 1.52. The summed E-state index contributed by atoms with van der Waals surface area (Å²) in [5, 5.41) is 7.31. The summed E-state index contributed by atoms with van der Waals surface area (Å²) in [6.45, 7) is 1.27. The van der Waals surface area contributed by atoms with E-state index in [9.17, 15) is 9.59 Å². The van der Waals surface area contributed by atoms with E-state index in [1.54, 1.807) is 55.6 Å². The second-order valence-corrected chi connectivity index (χ2v) is 7.97. The molecule has 2 aromatic carbocycles. The number of aromatic nitrogens is 1. The van der Waals surface area contributed by atoms with Crippen LogP contribution in [-0.2, 0) is 4.74 Å². The average molecular weight is 447 g/mol. The molecule has 1 aliphatic heterocycles. The van der Waals surface area contributed by atoms with Gasteiger partial charge in [-0.25, -0.2) is 5.53 Å². The summed E-state index contributed by atoms with van der Waals surface area (Å²) >= 11 is 0. The standard InChI is InChI=1S/C24H26N6O3/c1-33-14-19-3-2-10-30(19)24(32)15-4-7-18(8-5-15)27-13-22(29-26)20-12-16-11-17(25)6-9-21(16)28-23(20)31/h4-9,11-13,19,26-27H,2-3,10,14,25H2,1H3,(H,28,31)/b22-13-,29-26?/t19-/m0/s1. The number of amides is 1. The summed E-state index contributed by atoms with van der Waals surface area (Å²) in [7, 11) is 1.65. The van der Waals surface area contributed by atoms with E-state index in [0.717, 1.165) is 24.8 Å². The lowest BCUT2D eigenvalue weighted by Gasteiger charge is -2.24. The number of methoxy groups -OCH3 is 1. The van der Waals surface area contributed by atoms with E-state index < -0.39 is 0 Å². The largest absolute Gasteiger partial charge is 0.399 e. The number of nitrogens with zero attached hydrogens (tertiary/aromatic N) is 2. The summed E-state index contributed by atoms with van der Waals surface area (Å²) in [4.78, 5) is 30.0. The van der Waals surface area contributed by atoms with Gasteiger partial charge in [-0.1, -0.05) is 0 Å². The van der Waals surface area contributed by atoms with Crippen LogP contribution in [0.2, 0.25) is 0 Å². The van der Waals surface area contributed by atoms with E-state index in [-0.39, 0.29) is 28.8 Å². The highest BCUT2D eigenvalue weighted by Crippen LogP contribution is 2.22. The second-order valence-electron chi connectivity index (χ2n) is 7.97. The smallest absolute Gasteiger partial charge is 0.258 e. The van der Waals surface area contributed by atoms with Crippen LogP contribution >= 0.6 is 0 Å². The maximum atomic E-state index is 12.9. The van der Waals surface area contributed by atoms with Crippen molar-refractivity contribution in [2.45, 2.75) is 18.9 Å². The molecular weight excluding hydrogens is 420 g/mol. The SMILES string of the molecule is COC[C@@H]1CCCN1C(=O)c1ccc(N/C=C(\N=N)c2cc3cc(N)ccc3[nH]c2=O)cc1. The Morgan fingerprint density at radius 2 is 2.09 bits per heavy atom. The van der Waals surface area contributed by atoms with Crippen LogP contribution in [0.1, 0.15) is 28.8 Å². The number of carbonyl (C=O) groups excluding carboxylic acids is 1. The molecule has 1 aromatic heterocycles. The molecular formula is C24H26N6O3. The minimum Gasteiger partial charge on any atom is -0.399 e. The van der Waals surface area contributed by atoms with Crippen molar-refractivity contribution in [1.29, 1.82) is 5.53 Å². The van der Waals surface area contributed by atoms with Crippen LogP contribution < -0.4 is 16.6 Å². The number of pyridine rings is 1. The molecule has 1 amide bonds. The minimum absolute atomic E-state index is 0.0135. The summed E-state index contributed by atoms with van der Waals surface area (Å²) in [5.74, 6) is -0.0135. The Labute approximate surface area is 190 Å². The van der Waals surface area contributed by atoms with Crippen LogP contribution in [0.5, 0.6) is 0 Å². The predicted octanol–water partition coefficient (Wildman–Crippen LogP) is 3.80. The lowest BCUT2D eigenvalue weighted by molar-refractivity contribution is 0.0630. The van der Waals surface area contributed by atoms with Gasteiger partial charge in [-0.05, 0) is 61.4 Å². The van der Waals surface area contributed by atoms with Gasteiger partial charge in [0.15, 0.2) is 0 Å². The van der Waals surface area contributed by atoms with Crippen LogP contribution in [-0.4, -0.2) is 42.1 Å². The molecule has 0 radical (unpaired) electrons. The molecule has 1 aliphatic rings. The number of H-pyrrole nitrogens is 1. The first kappa shape index (κ1) is 22.2. The molecule has 0 bridgehead atoms. The van der Waals surface area contributed by atoms with Gasteiger partial charge >= 0.3 is 0 Å². The van der Waals surface area contributed by atoms with Gasteiger partial charge < -0.3 is 25.7 Å². The Bertz CT molecular complexity index is 1270. The van der Waals surface area contributed by atoms with Gasteiger partial charge in [0.25, 0.3) is 11.5 Å². The minimum atomic E-state index is -0.353. The zero-order valence-corrected chi connectivity index (χ0v) is 18.3. The van der Waals surface area contributed by atoms with E-state index in [1.165, 1.54) is 6.20 Å². The number of aromatic amines is 1. The highest BCUT2D eigenvalue weighted by atomic mass is 16.5. The number of ether oxygens (including phenoxy) is 1. The van der Waals surface area contributed by atoms with E-state index in [4.69, 9.17) is 16.0 Å². The Hall–Kier alpha value is -3.98. The maximum absolute atomic E-state index is 12.9. The quantitative estimate of drug-likeness (QED) is 0.323. The summed E-state index contributed by atoms with van der Waals surface area (Å²) in [5.41, 5.74) is 16.0. The molecule has 9 heteroatoms. The molecule has 1 saturated heterocycles. The molecule has 9 nitrogen and oxygen atoms in total. The average Bonchev–Trinajstić information content (AvgIpc) is 3.28. The first-order valence-corrected chi connectivity index (χ1v) is 10.7. The van der Waals surface area contributed by atoms with Crippen LogP contribution in [0, 0.1) is 5.53 Å². The third kappa shape index (κ3) is 4.78. The molecule has 0 spiro atoms. The van der Waals surface area contributed by atoms with Crippen molar-refractivity contribution in [3.05, 3.63) is 76.2 Å². The number of carbonyl (C=O) groups is 1. The zero-order chi connectivity index (χ0) is 23.4. The molecule has 0 unspecified atom stereocenters. The lowest BCUT2D eigenvalue weighted by atomic mass is 10.1. The third-order valence-corrected chi connectivity index (χ3v) is 5.77. The van der Waals surface area contributed by atoms with E-state index in [2.05, 4.69) is 15.4 Å². The number of hydrogen-bond acceptors (Lipinski definition) is 7. The van der Waals surface area contributed by atoms with Gasteiger partial charge in [-0.3, -0.25) is 9.59 Å². The van der Waals surface area contributed by atoms with E-state index >= 15 is 0 Å². The molecule has 1 fully saturated rings. The Kier molecular flexibility index (Phi) is 6.50. The summed E-state index contributed by atoms with van der Waals surface area (Å²) in [6.07, 6.45) is 3.41. The first-order chi connectivity index (χ1) is 16.0. The molecule has 3 aromatic rings. The third-order valence-electron chi connectivity index (χ3n) is 5.77. The van der Waals surface area contributed by atoms with Crippen LogP contribution in [0.15, 0.2) is 64.6 Å². The lowest BCUT2D eigenvalue weighted by Crippen LogP contribution is -2.38. The summed E-state index contributed by atoms with van der Waals surface area (Å²) in [6, 6.07) is 14.0. The van der Waals surface area contributed by atoms with Gasteiger partial charge in [-0.2, -0.15) is 5.11 Å². The molecule has 1 atom stereocenters. The van der Waals surface area contributed by atoms with Gasteiger partial charge in [0.1, 0.15) is 5.70 Å². The molecule has 33 heavy (non-hydrogen) atoms. The Morgan fingerprint density at radius 1 is 1.30 bits per heavy atom. The molecule has 2 heterocycles. The van der Waals surface area contributed by atoms with Gasteiger partial charge in [0.05, 0.1) is 18.2 Å². The fourth-order valence-electron chi connectivity index (χ4n) is 4.08. The van der Waals surface area contributed by atoms with Gasteiger partial charge in [0, 0.05) is 47.7 Å². The number of nitrogens with two attached hydrogens (primary N) is 1. The van der Waals surface area contributed by atoms with Crippen LogP contribution in [0.3, 0.4) is 0 Å². The van der Waals surface area contributed by atoms with Crippen molar-refractivity contribution >= 4 is 33.9 Å². The first-order valence-electron chi connectivity index (χ1n) is 10.7. The van der Waals surface area contributed by atoms with E-state index in [0.29, 0.717) is 29.1 Å². The fourth-order valence-corrected chi connectivity index (χ4v) is 4.08. The molecule has 0 saturated carbocycles. The normalized spacial score (nSPS) is 16.2. The van der Waals surface area contributed by atoms with Gasteiger partial charge in [-0.15, -0.1) is 0 Å². The van der Waals surface area contributed by atoms with Crippen molar-refractivity contribution in [2.24, 2.45) is 5.11 Å². The van der Waals surface area contributed by atoms with Crippen molar-refractivity contribution in [1.82, 2.24) is 9.88 Å². The van der Waals surface area contributed by atoms with E-state index in [1.807, 2.05) is 4.90 Å². The van der Waals surface area contributed by atoms with Crippen molar-refractivity contribution < 1.29 is 9.53 Å². The number of nitrogen functional groups attached to an aromatic ring is 1. The van der Waals surface area contributed by atoms with Crippen molar-refractivity contribution in [2.75, 3.05) is 31.3 Å². The second kappa shape index (κ2) is 9.66. The molecule has 170 valence electrons. The zero-order valence-electron chi connectivity index (χ0n) is 18.3. The number of fused-ring (bicyclic) bond motifs is 1. The number of anilines is 2. The highest BCUT2D eigenvalue weighted by molar-refractivity contribution is 5.95. The molecule has 5 N–H and O–H groups in total. The predicted molar refractivity (Wildman–Crippen MR) is 128 cm³/mol. The number of rotatable bonds is 7. The number of benzene rings is 2. The highest BCUT2D eigenvalue weighted by Gasteiger charge is 2.29. The fraction of sp³-hybridized carbons (Fsp3) is 0.250. The molecule has 4 rings (SSSR count). The molecule has 0 aliphatic carbocycles. The number of nitrogens with one attached hydrogen (secondary N) is 3. The number of hydrogen-bond donors (Lipinski definition) is 4. The van der Waals surface area contributed by atoms with Crippen molar-refractivity contribution in [3.8, 4) is 0 Å². The van der Waals surface area contributed by atoms with Gasteiger partial charge in [0.2, 0.25) is 0 Å². The number of likely N-dealkylation sites (tertiary alicyclic amines) is 1. The van der Waals surface area contributed by atoms with Crippen LogP contribution in [0.25, 0.3) is 16.6 Å². The maximum Gasteiger partial charge on any atom is 0.258 e. The Morgan fingerprint density at radius 3 is 2.82 bits per heavy atom. The monoisotopic (exact) mass is 446 g/mol. The van der Waals surface area contributed by atoms with Crippen molar-refractivity contribution in [3.63, 3.8) is 0 Å². The van der Waals surface area contributed by atoms with Crippen LogP contribution in [0.4, 0.5) is 11.4 Å².